The summed E-state index contributed by atoms with van der Waals surface area (Å²) in [5, 5.41) is 0. The average molecular weight is 225 g/mol. The van der Waals surface area contributed by atoms with Gasteiger partial charge < -0.3 is 0 Å². The molecule has 11 heavy (non-hydrogen) atoms. The van der Waals surface area contributed by atoms with E-state index >= 15 is 0 Å². The molecule has 2 rings (SSSR count). The molecule has 2 aliphatic rings. The molecule has 2 aliphatic carbocycles. The van der Waals surface area contributed by atoms with Crippen LogP contribution in [0.2, 0.25) is 0 Å². The molecule has 58 valence electrons. The van der Waals surface area contributed by atoms with E-state index < -0.39 is 0 Å². The molecule has 0 nitrogen and oxygen atoms in total. The fraction of sp³-hybridized carbons (Fsp3) is 0.600. The molecule has 0 aromatic heterocycles. The molecule has 0 unspecified atom stereocenters. The molecule has 0 saturated heterocycles. The Morgan fingerprint density at radius 2 is 1.91 bits per heavy atom. The van der Waals surface area contributed by atoms with Crippen LogP contribution in [0, 0.1) is 0 Å². The second-order valence-corrected chi connectivity index (χ2v) is 3.50. The second kappa shape index (κ2) is 3.85. The van der Waals surface area contributed by atoms with Crippen molar-refractivity contribution in [1.29, 1.82) is 0 Å². The van der Waals surface area contributed by atoms with Gasteiger partial charge in [-0.2, -0.15) is 0 Å². The zero-order valence-corrected chi connectivity index (χ0v) is 9.57. The van der Waals surface area contributed by atoms with Gasteiger partial charge >= 0.3 is 0 Å². The summed E-state index contributed by atoms with van der Waals surface area (Å²) >= 11 is 0. The molecule has 0 heterocycles. The number of allylic oxidation sites excluding steroid dienone is 4. The summed E-state index contributed by atoms with van der Waals surface area (Å²) in [5.74, 6) is 0. The van der Waals surface area contributed by atoms with Crippen molar-refractivity contribution in [3.05, 3.63) is 22.8 Å². The van der Waals surface area contributed by atoms with Crippen molar-refractivity contribution < 1.29 is 26.2 Å². The summed E-state index contributed by atoms with van der Waals surface area (Å²) in [4.78, 5) is 0. The molecule has 0 bridgehead atoms. The van der Waals surface area contributed by atoms with E-state index in [4.69, 9.17) is 0 Å². The first-order valence-corrected chi connectivity index (χ1v) is 4.24. The zero-order valence-electron chi connectivity index (χ0n) is 7.11. The molecule has 0 radical (unpaired) electrons. The Balaban J connectivity index is 0.000000605. The van der Waals surface area contributed by atoms with Gasteiger partial charge in [0.05, 0.1) is 0 Å². The summed E-state index contributed by atoms with van der Waals surface area (Å²) < 4.78 is 0. The minimum absolute atomic E-state index is 0. The molecular formula is C10H14Zr. The third kappa shape index (κ3) is 1.93. The Bertz CT molecular complexity index is 211. The zero-order chi connectivity index (χ0) is 6.97. The van der Waals surface area contributed by atoms with E-state index in [0.29, 0.717) is 0 Å². The molecule has 0 aliphatic heterocycles. The van der Waals surface area contributed by atoms with E-state index in [2.05, 4.69) is 13.0 Å². The van der Waals surface area contributed by atoms with Crippen LogP contribution < -0.4 is 0 Å². The van der Waals surface area contributed by atoms with E-state index in [0.717, 1.165) is 0 Å². The summed E-state index contributed by atoms with van der Waals surface area (Å²) in [5.41, 5.74) is 4.99. The molecular weight excluding hydrogens is 211 g/mol. The van der Waals surface area contributed by atoms with Crippen molar-refractivity contribution in [3.63, 3.8) is 0 Å². The van der Waals surface area contributed by atoms with Gasteiger partial charge in [0.15, 0.2) is 0 Å². The van der Waals surface area contributed by atoms with E-state index in [-0.39, 0.29) is 26.2 Å². The van der Waals surface area contributed by atoms with Gasteiger partial charge in [-0.25, -0.2) is 0 Å². The monoisotopic (exact) mass is 224 g/mol. The van der Waals surface area contributed by atoms with Crippen LogP contribution in [0.4, 0.5) is 0 Å². The molecule has 0 aromatic carbocycles. The molecule has 0 saturated carbocycles. The van der Waals surface area contributed by atoms with Crippen molar-refractivity contribution in [2.24, 2.45) is 0 Å². The second-order valence-electron chi connectivity index (χ2n) is 3.50. The standard InChI is InChI=1S/C10H14.Zr/c1-8-6-9-4-2-3-5-10(9)7-8;/h6H,2-5,7H2,1H3;. The molecule has 0 spiro atoms. The molecule has 0 aromatic rings. The molecule has 1 heteroatoms. The fourth-order valence-corrected chi connectivity index (χ4v) is 2.05. The minimum Gasteiger partial charge on any atom is -0.0690 e. The van der Waals surface area contributed by atoms with E-state index in [1.165, 1.54) is 32.1 Å². The van der Waals surface area contributed by atoms with Crippen LogP contribution >= 0.6 is 0 Å². The maximum atomic E-state index is 2.40. The molecule has 0 N–H and O–H groups in total. The quantitative estimate of drug-likeness (QED) is 0.594. The predicted octanol–water partition coefficient (Wildman–Crippen LogP) is 3.20. The Hall–Kier alpha value is 0.363. The Labute approximate surface area is 87.9 Å². The maximum Gasteiger partial charge on any atom is 0 e. The number of hydrogen-bond acceptors (Lipinski definition) is 0. The van der Waals surface area contributed by atoms with Crippen LogP contribution in [-0.2, 0) is 26.2 Å². The summed E-state index contributed by atoms with van der Waals surface area (Å²) in [6.07, 6.45) is 9.27. The van der Waals surface area contributed by atoms with Crippen LogP contribution in [0.3, 0.4) is 0 Å². The van der Waals surface area contributed by atoms with Gasteiger partial charge in [0.25, 0.3) is 0 Å². The first-order chi connectivity index (χ1) is 4.86. The van der Waals surface area contributed by atoms with Gasteiger partial charge in [-0.05, 0) is 44.6 Å². The summed E-state index contributed by atoms with van der Waals surface area (Å²) in [7, 11) is 0. The van der Waals surface area contributed by atoms with Gasteiger partial charge in [-0.1, -0.05) is 17.2 Å². The topological polar surface area (TPSA) is 0 Å². The molecule has 0 atom stereocenters. The smallest absolute Gasteiger partial charge is 0 e. The third-order valence-corrected chi connectivity index (χ3v) is 2.54. The van der Waals surface area contributed by atoms with Crippen molar-refractivity contribution in [2.75, 3.05) is 0 Å². The maximum absolute atomic E-state index is 2.40. The number of hydrogen-bond donors (Lipinski definition) is 0. The fourth-order valence-electron chi connectivity index (χ4n) is 2.05. The van der Waals surface area contributed by atoms with Gasteiger partial charge in [-0.15, -0.1) is 0 Å². The van der Waals surface area contributed by atoms with Crippen LogP contribution in [0.5, 0.6) is 0 Å². The van der Waals surface area contributed by atoms with Crippen LogP contribution in [0.15, 0.2) is 22.8 Å². The first kappa shape index (κ1) is 9.45. The van der Waals surface area contributed by atoms with E-state index in [1.807, 2.05) is 0 Å². The van der Waals surface area contributed by atoms with Gasteiger partial charge in [-0.3, -0.25) is 0 Å². The largest absolute Gasteiger partial charge is 0.0690 e. The molecule has 0 amide bonds. The van der Waals surface area contributed by atoms with E-state index in [9.17, 15) is 0 Å². The van der Waals surface area contributed by atoms with Crippen LogP contribution in [-0.4, -0.2) is 0 Å². The Morgan fingerprint density at radius 1 is 1.18 bits per heavy atom. The van der Waals surface area contributed by atoms with E-state index in [1.54, 1.807) is 16.7 Å². The minimum atomic E-state index is 0. The Kier molecular flexibility index (Phi) is 3.31. The SMILES string of the molecule is CC1=CC2=C(CCCC2)C1.[Zr]. The van der Waals surface area contributed by atoms with Gasteiger partial charge in [0.2, 0.25) is 0 Å². The van der Waals surface area contributed by atoms with Crippen molar-refractivity contribution in [3.8, 4) is 0 Å². The normalized spacial score (nSPS) is 22.5. The average Bonchev–Trinajstić information content (AvgIpc) is 2.27. The number of rotatable bonds is 0. The van der Waals surface area contributed by atoms with Crippen LogP contribution in [0.1, 0.15) is 39.0 Å². The summed E-state index contributed by atoms with van der Waals surface area (Å²) in [6, 6.07) is 0. The van der Waals surface area contributed by atoms with Crippen LogP contribution in [0.25, 0.3) is 0 Å². The molecule has 0 fully saturated rings. The summed E-state index contributed by atoms with van der Waals surface area (Å²) in [6.45, 7) is 2.25. The van der Waals surface area contributed by atoms with Crippen molar-refractivity contribution >= 4 is 0 Å². The predicted molar refractivity (Wildman–Crippen MR) is 43.9 cm³/mol. The van der Waals surface area contributed by atoms with Gasteiger partial charge in [0, 0.05) is 26.2 Å². The third-order valence-electron chi connectivity index (χ3n) is 2.54. The van der Waals surface area contributed by atoms with Gasteiger partial charge in [0.1, 0.15) is 0 Å². The first-order valence-electron chi connectivity index (χ1n) is 4.24. The van der Waals surface area contributed by atoms with Crippen molar-refractivity contribution in [2.45, 2.75) is 39.0 Å². The Morgan fingerprint density at radius 3 is 2.64 bits per heavy atom. The van der Waals surface area contributed by atoms with Crippen molar-refractivity contribution in [1.82, 2.24) is 0 Å².